The lowest BCUT2D eigenvalue weighted by molar-refractivity contribution is -0.126. The fraction of sp³-hybridized carbons (Fsp3) is 0.389. The predicted molar refractivity (Wildman–Crippen MR) is 95.0 cm³/mol. The molecule has 2 aromatic rings. The van der Waals surface area contributed by atoms with E-state index in [-0.39, 0.29) is 24.2 Å². The van der Waals surface area contributed by atoms with Crippen molar-refractivity contribution >= 4 is 28.8 Å². The van der Waals surface area contributed by atoms with Gasteiger partial charge < -0.3 is 10.2 Å². The van der Waals surface area contributed by atoms with Gasteiger partial charge in [0.2, 0.25) is 11.8 Å². The standard InChI is InChI=1S/C18H21N3O2S/c1-3-13-6-4-5-7-15(13)21-10-14(8-17(21)22)18(23)19-9-16-20-12(2)11-24-16/h4-7,11,14H,3,8-10H2,1-2H3,(H,19,23)/t14-/m0/s1. The Balaban J connectivity index is 1.64. The maximum absolute atomic E-state index is 12.4. The second-order valence-electron chi connectivity index (χ2n) is 5.99. The average molecular weight is 343 g/mol. The van der Waals surface area contributed by atoms with Gasteiger partial charge in [0.15, 0.2) is 0 Å². The minimum atomic E-state index is -0.302. The van der Waals surface area contributed by atoms with E-state index in [0.717, 1.165) is 28.4 Å². The lowest BCUT2D eigenvalue weighted by Crippen LogP contribution is -2.32. The normalized spacial score (nSPS) is 17.3. The van der Waals surface area contributed by atoms with E-state index in [4.69, 9.17) is 0 Å². The molecule has 3 rings (SSSR count). The van der Waals surface area contributed by atoms with Crippen LogP contribution < -0.4 is 10.2 Å². The Labute approximate surface area is 145 Å². The third-order valence-electron chi connectivity index (χ3n) is 4.24. The first-order valence-corrected chi connectivity index (χ1v) is 9.03. The molecule has 0 aliphatic carbocycles. The van der Waals surface area contributed by atoms with Crippen molar-refractivity contribution < 1.29 is 9.59 Å². The molecular formula is C18H21N3O2S. The van der Waals surface area contributed by atoms with Crippen molar-refractivity contribution in [1.29, 1.82) is 0 Å². The first kappa shape index (κ1) is 16.6. The average Bonchev–Trinajstić information content (AvgIpc) is 3.18. The smallest absolute Gasteiger partial charge is 0.227 e. The Hall–Kier alpha value is -2.21. The number of amides is 2. The maximum Gasteiger partial charge on any atom is 0.227 e. The third-order valence-corrected chi connectivity index (χ3v) is 5.21. The van der Waals surface area contributed by atoms with Crippen LogP contribution in [0.5, 0.6) is 0 Å². The number of aromatic nitrogens is 1. The first-order valence-electron chi connectivity index (χ1n) is 8.15. The molecule has 0 radical (unpaired) electrons. The highest BCUT2D eigenvalue weighted by Crippen LogP contribution is 2.28. The van der Waals surface area contributed by atoms with Gasteiger partial charge in [0.25, 0.3) is 0 Å². The van der Waals surface area contributed by atoms with Crippen molar-refractivity contribution in [2.45, 2.75) is 33.2 Å². The fourth-order valence-electron chi connectivity index (χ4n) is 2.98. The van der Waals surface area contributed by atoms with E-state index < -0.39 is 0 Å². The van der Waals surface area contributed by atoms with Crippen molar-refractivity contribution in [1.82, 2.24) is 10.3 Å². The van der Waals surface area contributed by atoms with Crippen LogP contribution in [0, 0.1) is 12.8 Å². The summed E-state index contributed by atoms with van der Waals surface area (Å²) in [4.78, 5) is 30.8. The number of anilines is 1. The number of nitrogens with zero attached hydrogens (tertiary/aromatic N) is 2. The van der Waals surface area contributed by atoms with Gasteiger partial charge in [-0.25, -0.2) is 4.98 Å². The Morgan fingerprint density at radius 2 is 2.21 bits per heavy atom. The minimum absolute atomic E-state index is 0.0149. The molecule has 2 amide bonds. The summed E-state index contributed by atoms with van der Waals surface area (Å²) in [5, 5.41) is 5.76. The highest BCUT2D eigenvalue weighted by atomic mass is 32.1. The molecule has 126 valence electrons. The summed E-state index contributed by atoms with van der Waals surface area (Å²) in [6, 6.07) is 7.89. The molecule has 0 spiro atoms. The highest BCUT2D eigenvalue weighted by molar-refractivity contribution is 7.09. The van der Waals surface area contributed by atoms with Crippen molar-refractivity contribution in [2.75, 3.05) is 11.4 Å². The molecule has 0 unspecified atom stereocenters. The second kappa shape index (κ2) is 7.13. The fourth-order valence-corrected chi connectivity index (χ4v) is 3.69. The maximum atomic E-state index is 12.4. The van der Waals surface area contributed by atoms with Crippen LogP contribution in [0.15, 0.2) is 29.6 Å². The highest BCUT2D eigenvalue weighted by Gasteiger charge is 2.35. The molecule has 1 aliphatic heterocycles. The number of benzene rings is 1. The molecule has 5 nitrogen and oxygen atoms in total. The number of aryl methyl sites for hydroxylation is 2. The van der Waals surface area contributed by atoms with E-state index in [1.807, 2.05) is 36.6 Å². The Bertz CT molecular complexity index is 756. The molecule has 6 heteroatoms. The summed E-state index contributed by atoms with van der Waals surface area (Å²) >= 11 is 1.53. The summed E-state index contributed by atoms with van der Waals surface area (Å²) < 4.78 is 0. The van der Waals surface area contributed by atoms with Crippen LogP contribution in [0.3, 0.4) is 0 Å². The molecule has 1 atom stereocenters. The van der Waals surface area contributed by atoms with E-state index >= 15 is 0 Å². The lowest BCUT2D eigenvalue weighted by atomic mass is 10.1. The van der Waals surface area contributed by atoms with Crippen LogP contribution in [0.4, 0.5) is 5.69 Å². The predicted octanol–water partition coefficient (Wildman–Crippen LogP) is 2.68. The van der Waals surface area contributed by atoms with Crippen LogP contribution in [-0.2, 0) is 22.6 Å². The molecule has 24 heavy (non-hydrogen) atoms. The van der Waals surface area contributed by atoms with E-state index in [2.05, 4.69) is 17.2 Å². The zero-order valence-electron chi connectivity index (χ0n) is 13.9. The van der Waals surface area contributed by atoms with Crippen LogP contribution in [0.1, 0.15) is 29.6 Å². The quantitative estimate of drug-likeness (QED) is 0.908. The SMILES string of the molecule is CCc1ccccc1N1C[C@@H](C(=O)NCc2nc(C)cs2)CC1=O. The molecule has 2 heterocycles. The number of hydrogen-bond acceptors (Lipinski definition) is 4. The minimum Gasteiger partial charge on any atom is -0.349 e. The molecule has 1 fully saturated rings. The molecular weight excluding hydrogens is 322 g/mol. The molecule has 0 saturated carbocycles. The topological polar surface area (TPSA) is 62.3 Å². The Morgan fingerprint density at radius 1 is 1.42 bits per heavy atom. The third kappa shape index (κ3) is 3.48. The van der Waals surface area contributed by atoms with Crippen LogP contribution >= 0.6 is 11.3 Å². The zero-order chi connectivity index (χ0) is 17.1. The van der Waals surface area contributed by atoms with E-state index in [0.29, 0.717) is 13.1 Å². The van der Waals surface area contributed by atoms with Crippen LogP contribution in [0.25, 0.3) is 0 Å². The van der Waals surface area contributed by atoms with Gasteiger partial charge in [-0.3, -0.25) is 9.59 Å². The molecule has 1 saturated heterocycles. The van der Waals surface area contributed by atoms with E-state index in [9.17, 15) is 9.59 Å². The van der Waals surface area contributed by atoms with E-state index in [1.165, 1.54) is 11.3 Å². The monoisotopic (exact) mass is 343 g/mol. The summed E-state index contributed by atoms with van der Waals surface area (Å²) in [5.74, 6) is -0.364. The summed E-state index contributed by atoms with van der Waals surface area (Å²) in [6.07, 6.45) is 1.13. The molecule has 0 bridgehead atoms. The number of nitrogens with one attached hydrogen (secondary N) is 1. The van der Waals surface area contributed by atoms with Crippen molar-refractivity contribution in [3.63, 3.8) is 0 Å². The number of para-hydroxylation sites is 1. The van der Waals surface area contributed by atoms with Crippen molar-refractivity contribution in [3.8, 4) is 0 Å². The largest absolute Gasteiger partial charge is 0.349 e. The number of carbonyl (C=O) groups excluding carboxylic acids is 2. The van der Waals surface area contributed by atoms with Gasteiger partial charge in [0.1, 0.15) is 5.01 Å². The second-order valence-corrected chi connectivity index (χ2v) is 6.93. The Morgan fingerprint density at radius 3 is 2.92 bits per heavy atom. The Kier molecular flexibility index (Phi) is 4.94. The van der Waals surface area contributed by atoms with Gasteiger partial charge in [-0.05, 0) is 25.0 Å². The van der Waals surface area contributed by atoms with Gasteiger partial charge in [0.05, 0.1) is 12.5 Å². The number of thiazole rings is 1. The lowest BCUT2D eigenvalue weighted by Gasteiger charge is -2.19. The van der Waals surface area contributed by atoms with Crippen molar-refractivity contribution in [2.24, 2.45) is 5.92 Å². The molecule has 1 N–H and O–H groups in total. The molecule has 1 aromatic carbocycles. The number of rotatable bonds is 5. The summed E-state index contributed by atoms with van der Waals surface area (Å²) in [7, 11) is 0. The van der Waals surface area contributed by atoms with Gasteiger partial charge in [0, 0.05) is 29.7 Å². The van der Waals surface area contributed by atoms with Gasteiger partial charge in [-0.1, -0.05) is 25.1 Å². The van der Waals surface area contributed by atoms with Gasteiger partial charge in [-0.15, -0.1) is 11.3 Å². The van der Waals surface area contributed by atoms with E-state index in [1.54, 1.807) is 4.90 Å². The molecule has 1 aliphatic rings. The zero-order valence-corrected chi connectivity index (χ0v) is 14.7. The number of hydrogen-bond donors (Lipinski definition) is 1. The first-order chi connectivity index (χ1) is 11.6. The van der Waals surface area contributed by atoms with Gasteiger partial charge >= 0.3 is 0 Å². The van der Waals surface area contributed by atoms with Crippen LogP contribution in [-0.4, -0.2) is 23.3 Å². The summed E-state index contributed by atoms with van der Waals surface area (Å²) in [6.45, 7) is 4.87. The van der Waals surface area contributed by atoms with Crippen molar-refractivity contribution in [3.05, 3.63) is 45.9 Å². The molecule has 1 aromatic heterocycles. The summed E-state index contributed by atoms with van der Waals surface area (Å²) in [5.41, 5.74) is 3.02. The number of carbonyl (C=O) groups is 2. The van der Waals surface area contributed by atoms with Crippen LogP contribution in [0.2, 0.25) is 0 Å². The van der Waals surface area contributed by atoms with Gasteiger partial charge in [-0.2, -0.15) is 0 Å².